The minimum Gasteiger partial charge on any atom is -0.340 e. The molecule has 4 heteroatoms. The number of hydrogen-bond acceptors (Lipinski definition) is 4. The van der Waals surface area contributed by atoms with Crippen LogP contribution in [0, 0.1) is 0 Å². The smallest absolute Gasteiger partial charge is 0.225 e. The van der Waals surface area contributed by atoms with Gasteiger partial charge >= 0.3 is 0 Å². The van der Waals surface area contributed by atoms with E-state index in [0.29, 0.717) is 12.0 Å². The van der Waals surface area contributed by atoms with Gasteiger partial charge in [-0.2, -0.15) is 0 Å². The number of nitrogens with zero attached hydrogens (tertiary/aromatic N) is 3. The third-order valence-electron chi connectivity index (χ3n) is 4.62. The first-order valence-corrected chi connectivity index (χ1v) is 7.60. The molecule has 0 spiro atoms. The Bertz CT molecular complexity index is 391. The van der Waals surface area contributed by atoms with Gasteiger partial charge in [0.1, 0.15) is 0 Å². The van der Waals surface area contributed by atoms with Gasteiger partial charge in [0.05, 0.1) is 0 Å². The topological polar surface area (TPSA) is 41.1 Å². The highest BCUT2D eigenvalue weighted by Crippen LogP contribution is 2.33. The summed E-state index contributed by atoms with van der Waals surface area (Å²) in [6.07, 6.45) is 11.9. The fourth-order valence-corrected chi connectivity index (χ4v) is 3.31. The molecular formula is C15H24N4. The van der Waals surface area contributed by atoms with Crippen molar-refractivity contribution in [3.8, 4) is 0 Å². The highest BCUT2D eigenvalue weighted by molar-refractivity contribution is 5.31. The van der Waals surface area contributed by atoms with Crippen molar-refractivity contribution in [3.05, 3.63) is 18.0 Å². The summed E-state index contributed by atoms with van der Waals surface area (Å²) in [5.74, 6) is 1.58. The van der Waals surface area contributed by atoms with Crippen molar-refractivity contribution in [2.24, 2.45) is 0 Å². The predicted octanol–water partition coefficient (Wildman–Crippen LogP) is 2.32. The van der Waals surface area contributed by atoms with Gasteiger partial charge in [-0.15, -0.1) is 0 Å². The van der Waals surface area contributed by atoms with Crippen molar-refractivity contribution >= 4 is 5.95 Å². The van der Waals surface area contributed by atoms with E-state index in [1.807, 2.05) is 12.4 Å². The molecule has 1 unspecified atom stereocenters. The lowest BCUT2D eigenvalue weighted by atomic mass is 10.0. The zero-order valence-electron chi connectivity index (χ0n) is 11.8. The SMILES string of the molecule is CN(c1ncc(C2CCCC2)cn1)C1CCCNC1. The molecule has 1 aliphatic carbocycles. The Morgan fingerprint density at radius 1 is 1.11 bits per heavy atom. The molecule has 1 saturated carbocycles. The van der Waals surface area contributed by atoms with Gasteiger partial charge in [0.25, 0.3) is 0 Å². The zero-order valence-corrected chi connectivity index (χ0v) is 11.8. The Balaban J connectivity index is 1.67. The van der Waals surface area contributed by atoms with Crippen LogP contribution in [0.25, 0.3) is 0 Å². The van der Waals surface area contributed by atoms with Crippen molar-refractivity contribution < 1.29 is 0 Å². The molecule has 104 valence electrons. The van der Waals surface area contributed by atoms with Crippen LogP contribution in [-0.2, 0) is 0 Å². The van der Waals surface area contributed by atoms with Crippen LogP contribution in [0.4, 0.5) is 5.95 Å². The third-order valence-corrected chi connectivity index (χ3v) is 4.62. The molecular weight excluding hydrogens is 236 g/mol. The summed E-state index contributed by atoms with van der Waals surface area (Å²) < 4.78 is 0. The Morgan fingerprint density at radius 3 is 2.47 bits per heavy atom. The van der Waals surface area contributed by atoms with Crippen LogP contribution in [0.2, 0.25) is 0 Å². The van der Waals surface area contributed by atoms with E-state index in [0.717, 1.165) is 19.0 Å². The first kappa shape index (κ1) is 12.9. The lowest BCUT2D eigenvalue weighted by Gasteiger charge is -2.31. The number of aromatic nitrogens is 2. The number of rotatable bonds is 3. The van der Waals surface area contributed by atoms with Crippen LogP contribution in [0.5, 0.6) is 0 Å². The largest absolute Gasteiger partial charge is 0.340 e. The minimum absolute atomic E-state index is 0.533. The molecule has 2 aliphatic rings. The lowest BCUT2D eigenvalue weighted by Crippen LogP contribution is -2.44. The van der Waals surface area contributed by atoms with Crippen LogP contribution in [-0.4, -0.2) is 36.1 Å². The van der Waals surface area contributed by atoms with Crippen molar-refractivity contribution in [3.63, 3.8) is 0 Å². The van der Waals surface area contributed by atoms with E-state index in [4.69, 9.17) is 0 Å². The van der Waals surface area contributed by atoms with E-state index >= 15 is 0 Å². The molecule has 2 heterocycles. The average molecular weight is 260 g/mol. The lowest BCUT2D eigenvalue weighted by molar-refractivity contribution is 0.441. The number of piperidine rings is 1. The summed E-state index contributed by atoms with van der Waals surface area (Å²) in [5, 5.41) is 3.44. The minimum atomic E-state index is 0.533. The van der Waals surface area contributed by atoms with Crippen molar-refractivity contribution in [2.75, 3.05) is 25.0 Å². The number of nitrogens with one attached hydrogen (secondary N) is 1. The number of likely N-dealkylation sites (N-methyl/N-ethyl adjacent to an activating group) is 1. The summed E-state index contributed by atoms with van der Waals surface area (Å²) in [6, 6.07) is 0.533. The summed E-state index contributed by atoms with van der Waals surface area (Å²) >= 11 is 0. The van der Waals surface area contributed by atoms with Crippen molar-refractivity contribution in [1.82, 2.24) is 15.3 Å². The maximum atomic E-state index is 4.59. The highest BCUT2D eigenvalue weighted by Gasteiger charge is 2.21. The zero-order chi connectivity index (χ0) is 13.1. The van der Waals surface area contributed by atoms with Gasteiger partial charge in [-0.3, -0.25) is 0 Å². The molecule has 1 N–H and O–H groups in total. The second kappa shape index (κ2) is 5.87. The maximum absolute atomic E-state index is 4.59. The van der Waals surface area contributed by atoms with Crippen molar-refractivity contribution in [1.29, 1.82) is 0 Å². The molecule has 19 heavy (non-hydrogen) atoms. The standard InChI is InChI=1S/C15H24N4/c1-19(14-7-4-8-16-11-14)15-17-9-13(10-18-15)12-5-2-3-6-12/h9-10,12,14,16H,2-8,11H2,1H3. The summed E-state index contributed by atoms with van der Waals surface area (Å²) in [6.45, 7) is 2.19. The van der Waals surface area contributed by atoms with Gasteiger partial charge in [0, 0.05) is 32.0 Å². The number of anilines is 1. The van der Waals surface area contributed by atoms with Crippen LogP contribution in [0.15, 0.2) is 12.4 Å². The molecule has 0 amide bonds. The van der Waals surface area contributed by atoms with E-state index in [9.17, 15) is 0 Å². The fourth-order valence-electron chi connectivity index (χ4n) is 3.31. The van der Waals surface area contributed by atoms with Gasteiger partial charge in [0.2, 0.25) is 5.95 Å². The van der Waals surface area contributed by atoms with E-state index < -0.39 is 0 Å². The number of hydrogen-bond donors (Lipinski definition) is 1. The molecule has 1 aromatic heterocycles. The molecule has 3 rings (SSSR count). The molecule has 0 aromatic carbocycles. The molecule has 1 saturated heterocycles. The quantitative estimate of drug-likeness (QED) is 0.905. The van der Waals surface area contributed by atoms with Crippen LogP contribution >= 0.6 is 0 Å². The second-order valence-electron chi connectivity index (χ2n) is 5.91. The van der Waals surface area contributed by atoms with Crippen LogP contribution in [0.3, 0.4) is 0 Å². The monoisotopic (exact) mass is 260 g/mol. The van der Waals surface area contributed by atoms with Gasteiger partial charge in [-0.1, -0.05) is 12.8 Å². The van der Waals surface area contributed by atoms with Crippen LogP contribution < -0.4 is 10.2 Å². The summed E-state index contributed by atoms with van der Waals surface area (Å²) in [4.78, 5) is 11.4. The fraction of sp³-hybridized carbons (Fsp3) is 0.733. The van der Waals surface area contributed by atoms with E-state index in [-0.39, 0.29) is 0 Å². The first-order chi connectivity index (χ1) is 9.34. The molecule has 0 radical (unpaired) electrons. The van der Waals surface area contributed by atoms with Gasteiger partial charge < -0.3 is 10.2 Å². The molecule has 1 atom stereocenters. The van der Waals surface area contributed by atoms with Gasteiger partial charge in [-0.05, 0) is 43.7 Å². The normalized spacial score (nSPS) is 24.6. The predicted molar refractivity (Wildman–Crippen MR) is 77.5 cm³/mol. The van der Waals surface area contributed by atoms with E-state index in [1.54, 1.807) is 0 Å². The second-order valence-corrected chi connectivity index (χ2v) is 5.91. The summed E-state index contributed by atoms with van der Waals surface area (Å²) in [5.41, 5.74) is 1.33. The molecule has 2 fully saturated rings. The first-order valence-electron chi connectivity index (χ1n) is 7.60. The molecule has 1 aliphatic heterocycles. The van der Waals surface area contributed by atoms with Crippen LogP contribution in [0.1, 0.15) is 50.0 Å². The highest BCUT2D eigenvalue weighted by atomic mass is 15.3. The van der Waals surface area contributed by atoms with E-state index in [1.165, 1.54) is 44.1 Å². The van der Waals surface area contributed by atoms with E-state index in [2.05, 4.69) is 27.2 Å². The van der Waals surface area contributed by atoms with Crippen molar-refractivity contribution in [2.45, 2.75) is 50.5 Å². The third kappa shape index (κ3) is 2.89. The Hall–Kier alpha value is -1.16. The van der Waals surface area contributed by atoms with Gasteiger partial charge in [0.15, 0.2) is 0 Å². The van der Waals surface area contributed by atoms with Gasteiger partial charge in [-0.25, -0.2) is 9.97 Å². The summed E-state index contributed by atoms with van der Waals surface area (Å²) in [7, 11) is 2.11. The molecule has 1 aromatic rings. The average Bonchev–Trinajstić information content (AvgIpc) is 3.02. The molecule has 0 bridgehead atoms. The Kier molecular flexibility index (Phi) is 3.97. The Labute approximate surface area is 115 Å². The maximum Gasteiger partial charge on any atom is 0.225 e. The Morgan fingerprint density at radius 2 is 1.84 bits per heavy atom. The molecule has 4 nitrogen and oxygen atoms in total.